The highest BCUT2D eigenvalue weighted by molar-refractivity contribution is 5.75. The third-order valence-corrected chi connectivity index (χ3v) is 1.93. The second-order valence-electron chi connectivity index (χ2n) is 2.95. The van der Waals surface area contributed by atoms with Crippen LogP contribution < -0.4 is 0 Å². The van der Waals surface area contributed by atoms with Gasteiger partial charge in [-0.2, -0.15) is 5.10 Å². The van der Waals surface area contributed by atoms with E-state index in [9.17, 15) is 13.6 Å². The molecule has 2 aromatic rings. The minimum Gasteiger partial charge on any atom is -0.296 e. The van der Waals surface area contributed by atoms with E-state index < -0.39 is 11.6 Å². The zero-order chi connectivity index (χ0) is 10.8. The van der Waals surface area contributed by atoms with Crippen molar-refractivity contribution in [1.82, 2.24) is 10.2 Å². The third-order valence-electron chi connectivity index (χ3n) is 1.93. The molecule has 2 rings (SSSR count). The van der Waals surface area contributed by atoms with Gasteiger partial charge in [0.25, 0.3) is 0 Å². The highest BCUT2D eigenvalue weighted by Crippen LogP contribution is 2.21. The van der Waals surface area contributed by atoms with E-state index in [-0.39, 0.29) is 17.0 Å². The summed E-state index contributed by atoms with van der Waals surface area (Å²) in [6.45, 7) is 0. The van der Waals surface area contributed by atoms with Gasteiger partial charge in [0.15, 0.2) is 6.29 Å². The van der Waals surface area contributed by atoms with Gasteiger partial charge in [-0.15, -0.1) is 0 Å². The van der Waals surface area contributed by atoms with Crippen LogP contribution in [-0.4, -0.2) is 16.5 Å². The molecule has 0 radical (unpaired) electrons. The molecular weight excluding hydrogens is 202 g/mol. The number of rotatable bonds is 2. The molecule has 0 spiro atoms. The van der Waals surface area contributed by atoms with Gasteiger partial charge in [0.1, 0.15) is 11.6 Å². The smallest absolute Gasteiger partial charge is 0.167 e. The molecule has 0 unspecified atom stereocenters. The van der Waals surface area contributed by atoms with Crippen LogP contribution in [0.5, 0.6) is 0 Å². The average molecular weight is 208 g/mol. The molecule has 1 N–H and O–H groups in total. The van der Waals surface area contributed by atoms with Crippen molar-refractivity contribution >= 4 is 6.29 Å². The number of H-pyrrole nitrogens is 1. The number of hydrogen-bond donors (Lipinski definition) is 1. The maximum absolute atomic E-state index is 13.3. The number of halogens is 2. The summed E-state index contributed by atoms with van der Waals surface area (Å²) >= 11 is 0. The van der Waals surface area contributed by atoms with E-state index in [1.165, 1.54) is 12.1 Å². The molecule has 3 nitrogen and oxygen atoms in total. The molecule has 0 aliphatic heterocycles. The Balaban J connectivity index is 2.49. The van der Waals surface area contributed by atoms with Gasteiger partial charge in [0, 0.05) is 11.6 Å². The fourth-order valence-electron chi connectivity index (χ4n) is 1.23. The van der Waals surface area contributed by atoms with Gasteiger partial charge in [0.2, 0.25) is 0 Å². The van der Waals surface area contributed by atoms with Crippen LogP contribution in [0, 0.1) is 11.6 Å². The van der Waals surface area contributed by atoms with E-state index in [1.54, 1.807) is 0 Å². The molecular formula is C10H6F2N2O. The minimum absolute atomic E-state index is 0.153. The summed E-state index contributed by atoms with van der Waals surface area (Å²) in [6, 6.07) is 4.57. The first-order valence-electron chi connectivity index (χ1n) is 4.16. The van der Waals surface area contributed by atoms with Crippen molar-refractivity contribution in [2.24, 2.45) is 0 Å². The fraction of sp³-hybridized carbons (Fsp3) is 0. The first-order valence-corrected chi connectivity index (χ1v) is 4.16. The molecule has 1 aromatic carbocycles. The molecule has 0 saturated carbocycles. The van der Waals surface area contributed by atoms with E-state index >= 15 is 0 Å². The number of carbonyl (C=O) groups excluding carboxylic acids is 1. The maximum atomic E-state index is 13.3. The van der Waals surface area contributed by atoms with Crippen molar-refractivity contribution in [3.05, 3.63) is 41.6 Å². The summed E-state index contributed by atoms with van der Waals surface area (Å²) in [7, 11) is 0. The molecule has 0 fully saturated rings. The first-order chi connectivity index (χ1) is 7.20. The van der Waals surface area contributed by atoms with E-state index in [0.29, 0.717) is 6.29 Å². The fourth-order valence-corrected chi connectivity index (χ4v) is 1.23. The molecule has 0 aliphatic rings. The highest BCUT2D eigenvalue weighted by atomic mass is 19.1. The Hall–Kier alpha value is -2.04. The predicted octanol–water partition coefficient (Wildman–Crippen LogP) is 2.17. The number of nitrogens with zero attached hydrogens (tertiary/aromatic N) is 1. The second kappa shape index (κ2) is 3.61. The van der Waals surface area contributed by atoms with Gasteiger partial charge in [-0.3, -0.25) is 9.89 Å². The Morgan fingerprint density at radius 2 is 2.07 bits per heavy atom. The van der Waals surface area contributed by atoms with Gasteiger partial charge in [0.05, 0.1) is 11.4 Å². The molecule has 0 aliphatic carbocycles. The minimum atomic E-state index is -0.709. The second-order valence-corrected chi connectivity index (χ2v) is 2.95. The lowest BCUT2D eigenvalue weighted by Gasteiger charge is -1.97. The SMILES string of the molecule is O=Cc1cc(-c2ccc(F)cc2F)n[nH]1. The molecule has 0 saturated heterocycles. The third kappa shape index (κ3) is 1.76. The quantitative estimate of drug-likeness (QED) is 0.768. The molecule has 1 heterocycles. The van der Waals surface area contributed by atoms with Crippen molar-refractivity contribution in [3.63, 3.8) is 0 Å². The van der Waals surface area contributed by atoms with Gasteiger partial charge < -0.3 is 0 Å². The monoisotopic (exact) mass is 208 g/mol. The summed E-state index contributed by atoms with van der Waals surface area (Å²) in [5, 5.41) is 6.15. The van der Waals surface area contributed by atoms with Crippen molar-refractivity contribution < 1.29 is 13.6 Å². The largest absolute Gasteiger partial charge is 0.296 e. The van der Waals surface area contributed by atoms with Crippen molar-refractivity contribution in [2.45, 2.75) is 0 Å². The van der Waals surface area contributed by atoms with Crippen molar-refractivity contribution in [2.75, 3.05) is 0 Å². The van der Waals surface area contributed by atoms with E-state index in [4.69, 9.17) is 0 Å². The number of hydrogen-bond acceptors (Lipinski definition) is 2. The van der Waals surface area contributed by atoms with Crippen LogP contribution in [0.3, 0.4) is 0 Å². The summed E-state index contributed by atoms with van der Waals surface area (Å²) in [4.78, 5) is 10.4. The molecule has 0 atom stereocenters. The van der Waals surface area contributed by atoms with Crippen LogP contribution in [0.25, 0.3) is 11.3 Å². The molecule has 15 heavy (non-hydrogen) atoms. The van der Waals surface area contributed by atoms with Crippen LogP contribution >= 0.6 is 0 Å². The Labute approximate surface area is 83.7 Å². The molecule has 0 bridgehead atoms. The number of aromatic amines is 1. The standard InChI is InChI=1S/C10H6F2N2O/c11-6-1-2-8(9(12)3-6)10-4-7(5-15)13-14-10/h1-5H,(H,13,14). The van der Waals surface area contributed by atoms with Gasteiger partial charge in [-0.25, -0.2) is 8.78 Å². The van der Waals surface area contributed by atoms with Crippen LogP contribution in [0.4, 0.5) is 8.78 Å². The number of aldehydes is 1. The molecule has 5 heteroatoms. The molecule has 0 amide bonds. The lowest BCUT2D eigenvalue weighted by Crippen LogP contribution is -1.86. The summed E-state index contributed by atoms with van der Waals surface area (Å²) in [5.74, 6) is -1.36. The zero-order valence-corrected chi connectivity index (χ0v) is 7.50. The normalized spacial score (nSPS) is 10.3. The Morgan fingerprint density at radius 1 is 1.27 bits per heavy atom. The van der Waals surface area contributed by atoms with Gasteiger partial charge in [-0.1, -0.05) is 0 Å². The first kappa shape index (κ1) is 9.51. The van der Waals surface area contributed by atoms with Gasteiger partial charge >= 0.3 is 0 Å². The van der Waals surface area contributed by atoms with Crippen molar-refractivity contribution in [3.8, 4) is 11.3 Å². The van der Waals surface area contributed by atoms with E-state index in [2.05, 4.69) is 10.2 Å². The lowest BCUT2D eigenvalue weighted by molar-refractivity contribution is 0.111. The molecule has 76 valence electrons. The Kier molecular flexibility index (Phi) is 2.29. The van der Waals surface area contributed by atoms with E-state index in [1.807, 2.05) is 0 Å². The molecule has 1 aromatic heterocycles. The van der Waals surface area contributed by atoms with Crippen LogP contribution in [-0.2, 0) is 0 Å². The summed E-state index contributed by atoms with van der Waals surface area (Å²) < 4.78 is 25.9. The summed E-state index contributed by atoms with van der Waals surface area (Å²) in [6.07, 6.45) is 0.567. The number of nitrogens with one attached hydrogen (secondary N) is 1. The zero-order valence-electron chi connectivity index (χ0n) is 7.50. The van der Waals surface area contributed by atoms with Crippen LogP contribution in [0.2, 0.25) is 0 Å². The number of aromatic nitrogens is 2. The van der Waals surface area contributed by atoms with Crippen LogP contribution in [0.15, 0.2) is 24.3 Å². The topological polar surface area (TPSA) is 45.8 Å². The van der Waals surface area contributed by atoms with E-state index in [0.717, 1.165) is 12.1 Å². The average Bonchev–Trinajstić information content (AvgIpc) is 2.66. The van der Waals surface area contributed by atoms with Gasteiger partial charge in [-0.05, 0) is 18.2 Å². The Morgan fingerprint density at radius 3 is 2.67 bits per heavy atom. The van der Waals surface area contributed by atoms with Crippen LogP contribution in [0.1, 0.15) is 10.5 Å². The highest BCUT2D eigenvalue weighted by Gasteiger charge is 2.09. The summed E-state index contributed by atoms with van der Waals surface area (Å²) in [5.41, 5.74) is 0.670. The lowest BCUT2D eigenvalue weighted by atomic mass is 10.1. The predicted molar refractivity (Wildman–Crippen MR) is 49.3 cm³/mol. The number of benzene rings is 1. The number of carbonyl (C=O) groups is 1. The van der Waals surface area contributed by atoms with Crippen molar-refractivity contribution in [1.29, 1.82) is 0 Å². The Bertz CT molecular complexity index is 508. The maximum Gasteiger partial charge on any atom is 0.167 e.